The third-order valence-corrected chi connectivity index (χ3v) is 6.93. The molecule has 228 valence electrons. The first-order valence-corrected chi connectivity index (χ1v) is 12.6. The minimum absolute atomic E-state index is 0.0232. The van der Waals surface area contributed by atoms with Crippen LogP contribution in [-0.4, -0.2) is 120 Å². The average Bonchev–Trinajstić information content (AvgIpc) is 2.95. The Kier molecular flexibility index (Phi) is 8.17. The van der Waals surface area contributed by atoms with Crippen molar-refractivity contribution < 1.29 is 74.4 Å². The van der Waals surface area contributed by atoms with E-state index in [1.54, 1.807) is 0 Å². The van der Waals surface area contributed by atoms with E-state index in [1.165, 1.54) is 6.07 Å². The molecular formula is C26H28O16. The van der Waals surface area contributed by atoms with Crippen LogP contribution in [0.1, 0.15) is 0 Å². The van der Waals surface area contributed by atoms with Crippen molar-refractivity contribution in [1.29, 1.82) is 0 Å². The van der Waals surface area contributed by atoms with Crippen molar-refractivity contribution >= 4 is 11.0 Å². The second-order valence-electron chi connectivity index (χ2n) is 9.79. The molecule has 5 rings (SSSR count). The Morgan fingerprint density at radius 2 is 1.50 bits per heavy atom. The van der Waals surface area contributed by atoms with Gasteiger partial charge in [-0.05, 0) is 18.2 Å². The molecule has 9 atom stereocenters. The number of aliphatic hydroxyl groups excluding tert-OH is 7. The molecule has 0 spiro atoms. The zero-order valence-corrected chi connectivity index (χ0v) is 21.4. The number of benzene rings is 2. The predicted octanol–water partition coefficient (Wildman–Crippen LogP) is -2.43. The number of fused-ring (bicyclic) bond motifs is 1. The molecule has 2 saturated heterocycles. The zero-order valence-electron chi connectivity index (χ0n) is 21.4. The van der Waals surface area contributed by atoms with Gasteiger partial charge in [0, 0.05) is 17.7 Å². The lowest BCUT2D eigenvalue weighted by Crippen LogP contribution is -2.60. The third-order valence-electron chi connectivity index (χ3n) is 6.93. The van der Waals surface area contributed by atoms with Crippen LogP contribution in [0.25, 0.3) is 22.3 Å². The van der Waals surface area contributed by atoms with Gasteiger partial charge >= 0.3 is 0 Å². The van der Waals surface area contributed by atoms with E-state index in [1.807, 2.05) is 0 Å². The monoisotopic (exact) mass is 596 g/mol. The van der Waals surface area contributed by atoms with Crippen LogP contribution in [0.4, 0.5) is 0 Å². The molecule has 10 N–H and O–H groups in total. The van der Waals surface area contributed by atoms with Gasteiger partial charge in [-0.15, -0.1) is 0 Å². The van der Waals surface area contributed by atoms with Gasteiger partial charge in [0.1, 0.15) is 65.2 Å². The van der Waals surface area contributed by atoms with Crippen LogP contribution < -0.4 is 14.9 Å². The summed E-state index contributed by atoms with van der Waals surface area (Å²) < 4.78 is 27.5. The number of aromatic hydroxyl groups is 3. The van der Waals surface area contributed by atoms with Gasteiger partial charge in [-0.2, -0.15) is 0 Å². The van der Waals surface area contributed by atoms with Crippen molar-refractivity contribution in [1.82, 2.24) is 0 Å². The molecule has 16 heteroatoms. The first kappa shape index (κ1) is 29.8. The third kappa shape index (κ3) is 5.31. The van der Waals surface area contributed by atoms with Crippen molar-refractivity contribution in [2.45, 2.75) is 55.3 Å². The lowest BCUT2D eigenvalue weighted by atomic mass is 9.99. The van der Waals surface area contributed by atoms with Gasteiger partial charge in [-0.25, -0.2) is 0 Å². The first-order valence-electron chi connectivity index (χ1n) is 12.6. The summed E-state index contributed by atoms with van der Waals surface area (Å²) in [6, 6.07) is 5.41. The van der Waals surface area contributed by atoms with Gasteiger partial charge in [-0.1, -0.05) is 0 Å². The van der Waals surface area contributed by atoms with Crippen molar-refractivity contribution in [2.24, 2.45) is 0 Å². The Morgan fingerprint density at radius 3 is 2.19 bits per heavy atom. The summed E-state index contributed by atoms with van der Waals surface area (Å²) in [5.41, 5.74) is -1.35. The Morgan fingerprint density at radius 1 is 0.786 bits per heavy atom. The highest BCUT2D eigenvalue weighted by molar-refractivity contribution is 5.88. The summed E-state index contributed by atoms with van der Waals surface area (Å²) in [5.74, 6) is -3.09. The molecule has 0 bridgehead atoms. The molecular weight excluding hydrogens is 568 g/mol. The van der Waals surface area contributed by atoms with Crippen molar-refractivity contribution in [3.63, 3.8) is 0 Å². The van der Waals surface area contributed by atoms with Crippen LogP contribution in [0.15, 0.2) is 39.5 Å². The summed E-state index contributed by atoms with van der Waals surface area (Å²) in [4.78, 5) is 13.6. The molecule has 0 radical (unpaired) electrons. The van der Waals surface area contributed by atoms with E-state index in [2.05, 4.69) is 0 Å². The molecule has 2 aliphatic heterocycles. The van der Waals surface area contributed by atoms with E-state index >= 15 is 0 Å². The van der Waals surface area contributed by atoms with Gasteiger partial charge in [0.15, 0.2) is 17.3 Å². The molecule has 0 saturated carbocycles. The van der Waals surface area contributed by atoms with E-state index in [0.29, 0.717) is 0 Å². The maximum absolute atomic E-state index is 13.6. The molecule has 2 aromatic carbocycles. The smallest absolute Gasteiger partial charge is 0.239 e. The molecule has 3 heterocycles. The highest BCUT2D eigenvalue weighted by atomic mass is 16.7. The topological polar surface area (TPSA) is 269 Å². The molecule has 2 aliphatic rings. The summed E-state index contributed by atoms with van der Waals surface area (Å²) in [5, 5.41) is 99.9. The summed E-state index contributed by atoms with van der Waals surface area (Å²) in [6.07, 6.45) is -14.7. The van der Waals surface area contributed by atoms with Crippen LogP contribution in [0, 0.1) is 0 Å². The second-order valence-corrected chi connectivity index (χ2v) is 9.79. The molecule has 1 aromatic heterocycles. The van der Waals surface area contributed by atoms with Crippen LogP contribution >= 0.6 is 0 Å². The van der Waals surface area contributed by atoms with Crippen molar-refractivity contribution in [3.05, 3.63) is 40.6 Å². The van der Waals surface area contributed by atoms with E-state index in [4.69, 9.17) is 23.4 Å². The number of phenolic OH excluding ortho intramolecular Hbond substituents is 3. The zero-order chi connectivity index (χ0) is 30.5. The molecule has 0 unspecified atom stereocenters. The van der Waals surface area contributed by atoms with Crippen LogP contribution in [-0.2, 0) is 9.47 Å². The number of hydrogen-bond donors (Lipinski definition) is 10. The van der Waals surface area contributed by atoms with E-state index in [9.17, 15) is 55.9 Å². The number of aliphatic hydroxyl groups is 7. The van der Waals surface area contributed by atoms with Crippen LogP contribution in [0.2, 0.25) is 0 Å². The first-order chi connectivity index (χ1) is 19.9. The van der Waals surface area contributed by atoms with Crippen LogP contribution in [0.3, 0.4) is 0 Å². The Labute approximate surface area is 235 Å². The summed E-state index contributed by atoms with van der Waals surface area (Å²) in [6.45, 7) is -1.18. The van der Waals surface area contributed by atoms with Crippen LogP contribution in [0.5, 0.6) is 28.7 Å². The highest BCUT2D eigenvalue weighted by Gasteiger charge is 2.45. The second kappa shape index (κ2) is 11.5. The lowest BCUT2D eigenvalue weighted by molar-refractivity contribution is -0.277. The fourth-order valence-electron chi connectivity index (χ4n) is 4.59. The number of hydrogen-bond acceptors (Lipinski definition) is 16. The fraction of sp³-hybridized carbons (Fsp3) is 0.423. The largest absolute Gasteiger partial charge is 0.507 e. The van der Waals surface area contributed by atoms with Crippen molar-refractivity contribution in [2.75, 3.05) is 13.2 Å². The predicted molar refractivity (Wildman–Crippen MR) is 136 cm³/mol. The maximum Gasteiger partial charge on any atom is 0.239 e. The standard InChI is InChI=1S/C26H28O16/c27-6-15-18(33)20(35)22(37)26(41-15)39-9-4-12(30)16-14(5-9)40-23(8-1-2-10(28)11(29)3-8)24(19(16)34)42-25-21(36)17(32)13(31)7-38-25/h1-5,13,15,17-18,20-22,25-33,35-37H,6-7H2/t13-,15+,17-,18-,20+,21-,22-,25-,26-/m1/s1. The molecule has 0 aliphatic carbocycles. The Hall–Kier alpha value is -3.71. The lowest BCUT2D eigenvalue weighted by Gasteiger charge is -2.39. The minimum Gasteiger partial charge on any atom is -0.507 e. The highest BCUT2D eigenvalue weighted by Crippen LogP contribution is 2.40. The quantitative estimate of drug-likeness (QED) is 0.133. The normalized spacial score (nSPS) is 31.6. The molecule has 16 nitrogen and oxygen atoms in total. The summed E-state index contributed by atoms with van der Waals surface area (Å²) >= 11 is 0. The van der Waals surface area contributed by atoms with E-state index in [0.717, 1.165) is 24.3 Å². The number of rotatable bonds is 6. The van der Waals surface area contributed by atoms with Gasteiger partial charge in [0.05, 0.1) is 13.2 Å². The Balaban J connectivity index is 1.59. The minimum atomic E-state index is -1.81. The summed E-state index contributed by atoms with van der Waals surface area (Å²) in [7, 11) is 0. The number of ether oxygens (including phenoxy) is 4. The molecule has 42 heavy (non-hydrogen) atoms. The van der Waals surface area contributed by atoms with E-state index < -0.39 is 102 Å². The average molecular weight is 596 g/mol. The molecule has 0 amide bonds. The molecule has 3 aromatic rings. The molecule has 2 fully saturated rings. The van der Waals surface area contributed by atoms with Gasteiger partial charge in [-0.3, -0.25) is 4.79 Å². The Bertz CT molecular complexity index is 1500. The maximum atomic E-state index is 13.6. The van der Waals surface area contributed by atoms with Gasteiger partial charge in [0.25, 0.3) is 0 Å². The SMILES string of the molecule is O=c1c(O[C@H]2OC[C@@H](O)[C@@H](O)[C@H]2O)c(-c2ccc(O)c(O)c2)oc2cc(O[C@@H]3O[C@@H](CO)[C@@H](O)[C@H](O)[C@H]3O)cc(O)c12. The number of phenols is 3. The van der Waals surface area contributed by atoms with Crippen molar-refractivity contribution in [3.8, 4) is 40.1 Å². The van der Waals surface area contributed by atoms with E-state index in [-0.39, 0.29) is 22.7 Å². The van der Waals surface area contributed by atoms with Gasteiger partial charge in [0.2, 0.25) is 23.8 Å². The fourth-order valence-corrected chi connectivity index (χ4v) is 4.59. The van der Waals surface area contributed by atoms with Gasteiger partial charge < -0.3 is 74.4 Å².